The van der Waals surface area contributed by atoms with Gasteiger partial charge in [0, 0.05) is 29.6 Å². The van der Waals surface area contributed by atoms with E-state index in [1.807, 2.05) is 18.2 Å². The van der Waals surface area contributed by atoms with Gasteiger partial charge >= 0.3 is 5.97 Å². The molecule has 1 aromatic heterocycles. The number of nitrogens with one attached hydrogen (secondary N) is 1. The predicted molar refractivity (Wildman–Crippen MR) is 127 cm³/mol. The molecule has 1 saturated carbocycles. The van der Waals surface area contributed by atoms with Crippen LogP contribution in [0.3, 0.4) is 0 Å². The quantitative estimate of drug-likeness (QED) is 0.544. The summed E-state index contributed by atoms with van der Waals surface area (Å²) in [6.07, 6.45) is 6.55. The number of carbonyl (C=O) groups is 2. The number of carbonyl (C=O) groups excluding carboxylic acids is 1. The summed E-state index contributed by atoms with van der Waals surface area (Å²) in [4.78, 5) is 24.8. The summed E-state index contributed by atoms with van der Waals surface area (Å²) in [5.74, 6) is -0.900. The maximum Gasteiger partial charge on any atom is 0.335 e. The third-order valence-electron chi connectivity index (χ3n) is 7.29. The average molecular weight is 447 g/mol. The zero-order valence-electron chi connectivity index (χ0n) is 18.7. The number of aromatic carboxylic acids is 1. The van der Waals surface area contributed by atoms with Gasteiger partial charge in [-0.2, -0.15) is 0 Å². The average Bonchev–Trinajstić information content (AvgIpc) is 3.05. The smallest absolute Gasteiger partial charge is 0.335 e. The lowest BCUT2D eigenvalue weighted by Gasteiger charge is -2.24. The number of aromatic nitrogens is 1. The van der Waals surface area contributed by atoms with Crippen LogP contribution in [0.15, 0.2) is 42.5 Å². The van der Waals surface area contributed by atoms with E-state index < -0.39 is 5.97 Å². The van der Waals surface area contributed by atoms with Gasteiger partial charge in [0.2, 0.25) is 5.91 Å². The van der Waals surface area contributed by atoms with Gasteiger partial charge < -0.3 is 20.1 Å². The third-order valence-corrected chi connectivity index (χ3v) is 7.29. The summed E-state index contributed by atoms with van der Waals surface area (Å²) in [5.41, 5.74) is 5.89. The first-order valence-electron chi connectivity index (χ1n) is 11.9. The van der Waals surface area contributed by atoms with Crippen molar-refractivity contribution in [2.45, 2.75) is 51.0 Å². The lowest BCUT2D eigenvalue weighted by molar-refractivity contribution is -0.125. The Labute approximate surface area is 193 Å². The van der Waals surface area contributed by atoms with E-state index in [1.165, 1.54) is 24.8 Å². The predicted octanol–water partition coefficient (Wildman–Crippen LogP) is 4.34. The Morgan fingerprint density at radius 2 is 1.85 bits per heavy atom. The van der Waals surface area contributed by atoms with E-state index in [4.69, 9.17) is 0 Å². The number of amides is 1. The van der Waals surface area contributed by atoms with Crippen molar-refractivity contribution in [2.24, 2.45) is 5.92 Å². The SMILES string of the molecule is O=C(O)c1ccc2c(C3CCCCC3)c3n(c2c1)CC(C(=O)NCCO)Cc1ccccc1-3. The Morgan fingerprint density at radius 1 is 1.06 bits per heavy atom. The molecule has 0 bridgehead atoms. The van der Waals surface area contributed by atoms with Crippen LogP contribution in [0.25, 0.3) is 22.2 Å². The summed E-state index contributed by atoms with van der Waals surface area (Å²) < 4.78 is 2.20. The lowest BCUT2D eigenvalue weighted by Crippen LogP contribution is -2.35. The Kier molecular flexibility index (Phi) is 5.94. The second-order valence-corrected chi connectivity index (χ2v) is 9.32. The van der Waals surface area contributed by atoms with Crippen molar-refractivity contribution in [3.8, 4) is 11.3 Å². The van der Waals surface area contributed by atoms with Gasteiger partial charge in [-0.1, -0.05) is 49.6 Å². The molecule has 1 atom stereocenters. The summed E-state index contributed by atoms with van der Waals surface area (Å²) >= 11 is 0. The monoisotopic (exact) mass is 446 g/mol. The molecule has 1 unspecified atom stereocenters. The largest absolute Gasteiger partial charge is 0.478 e. The molecule has 0 spiro atoms. The number of hydrogen-bond acceptors (Lipinski definition) is 3. The van der Waals surface area contributed by atoms with Gasteiger partial charge in [-0.15, -0.1) is 0 Å². The molecule has 3 N–H and O–H groups in total. The van der Waals surface area contributed by atoms with Crippen LogP contribution in [-0.4, -0.2) is 39.8 Å². The van der Waals surface area contributed by atoms with Crippen molar-refractivity contribution in [3.05, 3.63) is 59.2 Å². The van der Waals surface area contributed by atoms with E-state index >= 15 is 0 Å². The van der Waals surface area contributed by atoms with Crippen molar-refractivity contribution >= 4 is 22.8 Å². The van der Waals surface area contributed by atoms with Gasteiger partial charge in [0.25, 0.3) is 0 Å². The molecule has 1 aliphatic heterocycles. The topological polar surface area (TPSA) is 91.6 Å². The molecule has 2 heterocycles. The van der Waals surface area contributed by atoms with Crippen LogP contribution >= 0.6 is 0 Å². The molecule has 1 aliphatic carbocycles. The number of aliphatic hydroxyl groups excluding tert-OH is 1. The molecule has 0 radical (unpaired) electrons. The van der Waals surface area contributed by atoms with Crippen LogP contribution in [0.2, 0.25) is 0 Å². The van der Waals surface area contributed by atoms with Crippen molar-refractivity contribution < 1.29 is 19.8 Å². The molecule has 0 saturated heterocycles. The number of carboxylic acids is 1. The van der Waals surface area contributed by atoms with Gasteiger partial charge in [0.05, 0.1) is 23.8 Å². The van der Waals surface area contributed by atoms with Crippen molar-refractivity contribution in [1.29, 1.82) is 0 Å². The highest BCUT2D eigenvalue weighted by molar-refractivity contribution is 5.99. The van der Waals surface area contributed by atoms with Crippen molar-refractivity contribution in [2.75, 3.05) is 13.2 Å². The molecule has 2 aliphatic rings. The first kappa shape index (κ1) is 21.7. The minimum absolute atomic E-state index is 0.0813. The molecule has 6 nitrogen and oxygen atoms in total. The number of fused-ring (bicyclic) bond motifs is 5. The Balaban J connectivity index is 1.76. The Morgan fingerprint density at radius 3 is 2.61 bits per heavy atom. The highest BCUT2D eigenvalue weighted by Crippen LogP contribution is 2.46. The second kappa shape index (κ2) is 9.02. The Hall–Kier alpha value is -3.12. The molecule has 33 heavy (non-hydrogen) atoms. The van der Waals surface area contributed by atoms with Crippen molar-refractivity contribution in [1.82, 2.24) is 9.88 Å². The zero-order valence-corrected chi connectivity index (χ0v) is 18.7. The molecule has 1 amide bonds. The standard InChI is InChI=1S/C27H30N2O4/c30-13-12-28-26(31)20-14-18-8-4-5-9-21(18)25-24(17-6-2-1-3-7-17)22-11-10-19(27(32)33)15-23(22)29(25)16-20/h4-5,8-11,15,17,20,30H,1-3,6-7,12-14,16H2,(H,28,31)(H,32,33). The highest BCUT2D eigenvalue weighted by atomic mass is 16.4. The van der Waals surface area contributed by atoms with Crippen LogP contribution in [0.1, 0.15) is 59.5 Å². The van der Waals surface area contributed by atoms with E-state index in [0.29, 0.717) is 18.9 Å². The lowest BCUT2D eigenvalue weighted by atomic mass is 9.81. The number of carboxylic acid groups (broad SMARTS) is 1. The maximum atomic E-state index is 13.0. The summed E-state index contributed by atoms with van der Waals surface area (Å²) in [5, 5.41) is 22.8. The maximum absolute atomic E-state index is 13.0. The minimum atomic E-state index is -0.946. The Bertz CT molecular complexity index is 1210. The van der Waals surface area contributed by atoms with E-state index in [0.717, 1.165) is 40.6 Å². The zero-order chi connectivity index (χ0) is 22.9. The van der Waals surface area contributed by atoms with E-state index in [2.05, 4.69) is 22.0 Å². The molecule has 2 aromatic carbocycles. The molecule has 172 valence electrons. The fourth-order valence-electron chi connectivity index (χ4n) is 5.77. The summed E-state index contributed by atoms with van der Waals surface area (Å²) in [7, 11) is 0. The van der Waals surface area contributed by atoms with E-state index in [1.54, 1.807) is 12.1 Å². The summed E-state index contributed by atoms with van der Waals surface area (Å²) in [6.45, 7) is 0.612. The number of nitrogens with zero attached hydrogens (tertiary/aromatic N) is 1. The van der Waals surface area contributed by atoms with Gasteiger partial charge in [0.15, 0.2) is 0 Å². The molecule has 3 aromatic rings. The number of benzene rings is 2. The van der Waals surface area contributed by atoms with Crippen LogP contribution in [-0.2, 0) is 17.8 Å². The minimum Gasteiger partial charge on any atom is -0.478 e. The number of aliphatic hydroxyl groups is 1. The van der Waals surface area contributed by atoms with Gasteiger partial charge in [-0.3, -0.25) is 4.79 Å². The first-order valence-corrected chi connectivity index (χ1v) is 11.9. The fraction of sp³-hybridized carbons (Fsp3) is 0.407. The van der Waals surface area contributed by atoms with Crippen LogP contribution < -0.4 is 5.32 Å². The fourth-order valence-corrected chi connectivity index (χ4v) is 5.77. The van der Waals surface area contributed by atoms with Gasteiger partial charge in [0.1, 0.15) is 0 Å². The van der Waals surface area contributed by atoms with Crippen LogP contribution in [0, 0.1) is 5.92 Å². The third kappa shape index (κ3) is 3.93. The van der Waals surface area contributed by atoms with E-state index in [9.17, 15) is 19.8 Å². The molecular formula is C27H30N2O4. The van der Waals surface area contributed by atoms with Crippen LogP contribution in [0.5, 0.6) is 0 Å². The van der Waals surface area contributed by atoms with E-state index in [-0.39, 0.29) is 30.5 Å². The molecule has 5 rings (SSSR count). The molecule has 6 heteroatoms. The van der Waals surface area contributed by atoms with Gasteiger partial charge in [-0.25, -0.2) is 4.79 Å². The number of hydrogen-bond donors (Lipinski definition) is 3. The molecular weight excluding hydrogens is 416 g/mol. The second-order valence-electron chi connectivity index (χ2n) is 9.32. The number of rotatable bonds is 5. The van der Waals surface area contributed by atoms with Crippen LogP contribution in [0.4, 0.5) is 0 Å². The first-order chi connectivity index (χ1) is 16.1. The van der Waals surface area contributed by atoms with Gasteiger partial charge in [-0.05, 0) is 48.4 Å². The summed E-state index contributed by atoms with van der Waals surface area (Å²) in [6, 6.07) is 13.7. The van der Waals surface area contributed by atoms with Crippen molar-refractivity contribution in [3.63, 3.8) is 0 Å². The molecule has 1 fully saturated rings. The highest BCUT2D eigenvalue weighted by Gasteiger charge is 2.32. The normalized spacial score (nSPS) is 18.4.